The van der Waals surface area contributed by atoms with Gasteiger partial charge in [0.15, 0.2) is 5.69 Å². The summed E-state index contributed by atoms with van der Waals surface area (Å²) in [6, 6.07) is 8.05. The van der Waals surface area contributed by atoms with E-state index >= 15 is 0 Å². The highest BCUT2D eigenvalue weighted by atomic mass is 19.1. The fourth-order valence-electron chi connectivity index (χ4n) is 1.63. The second-order valence-corrected chi connectivity index (χ2v) is 4.14. The number of carboxylic acid groups (broad SMARTS) is 1. The van der Waals surface area contributed by atoms with Crippen LogP contribution in [0.25, 0.3) is 0 Å². The zero-order valence-electron chi connectivity index (χ0n) is 10.8. The molecule has 0 atom stereocenters. The first-order valence-corrected chi connectivity index (χ1v) is 6.04. The lowest BCUT2D eigenvalue weighted by Gasteiger charge is -2.09. The van der Waals surface area contributed by atoms with Crippen LogP contribution < -0.4 is 10.6 Å². The molecule has 1 heterocycles. The fourth-order valence-corrected chi connectivity index (χ4v) is 1.63. The van der Waals surface area contributed by atoms with Gasteiger partial charge in [-0.05, 0) is 29.8 Å². The van der Waals surface area contributed by atoms with Crippen LogP contribution in [-0.4, -0.2) is 22.1 Å². The third-order valence-electron chi connectivity index (χ3n) is 2.62. The number of pyridine rings is 1. The van der Waals surface area contributed by atoms with E-state index in [9.17, 15) is 14.0 Å². The number of aromatic carboxylic acids is 1. The van der Waals surface area contributed by atoms with E-state index in [0.717, 1.165) is 5.56 Å². The van der Waals surface area contributed by atoms with Crippen molar-refractivity contribution >= 4 is 17.7 Å². The topological polar surface area (TPSA) is 91.3 Å². The Balaban J connectivity index is 1.96. The van der Waals surface area contributed by atoms with Crippen LogP contribution in [0.5, 0.6) is 0 Å². The fraction of sp³-hybridized carbons (Fsp3) is 0.0714. The Morgan fingerprint density at radius 2 is 1.90 bits per heavy atom. The van der Waals surface area contributed by atoms with Gasteiger partial charge in [0.1, 0.15) is 5.82 Å². The number of carbonyl (C=O) groups excluding carboxylic acids is 1. The van der Waals surface area contributed by atoms with Crippen LogP contribution in [0.3, 0.4) is 0 Å². The van der Waals surface area contributed by atoms with Gasteiger partial charge < -0.3 is 15.7 Å². The molecule has 7 heteroatoms. The molecule has 0 aliphatic rings. The van der Waals surface area contributed by atoms with Crippen molar-refractivity contribution in [3.8, 4) is 0 Å². The Morgan fingerprint density at radius 3 is 2.57 bits per heavy atom. The van der Waals surface area contributed by atoms with Gasteiger partial charge in [0, 0.05) is 12.7 Å². The first-order chi connectivity index (χ1) is 10.1. The predicted octanol–water partition coefficient (Wildman–Crippen LogP) is 2.24. The standard InChI is InChI=1S/C14H12FN3O3/c15-10-5-3-9(4-6-10)8-17-14(21)18-11-2-1-7-16-12(11)13(19)20/h1-7H,8H2,(H,19,20)(H2,17,18,21). The minimum atomic E-state index is -1.23. The van der Waals surface area contributed by atoms with Crippen molar-refractivity contribution in [1.82, 2.24) is 10.3 Å². The summed E-state index contributed by atoms with van der Waals surface area (Å²) in [6.45, 7) is 0.189. The largest absolute Gasteiger partial charge is 0.476 e. The van der Waals surface area contributed by atoms with Gasteiger partial charge in [-0.15, -0.1) is 0 Å². The van der Waals surface area contributed by atoms with Gasteiger partial charge in [-0.2, -0.15) is 0 Å². The summed E-state index contributed by atoms with van der Waals surface area (Å²) < 4.78 is 12.7. The summed E-state index contributed by atoms with van der Waals surface area (Å²) in [4.78, 5) is 26.3. The molecule has 108 valence electrons. The number of urea groups is 1. The molecule has 2 rings (SSSR count). The Hall–Kier alpha value is -2.96. The van der Waals surface area contributed by atoms with Gasteiger partial charge in [-0.25, -0.2) is 19.0 Å². The van der Waals surface area contributed by atoms with Crippen LogP contribution >= 0.6 is 0 Å². The summed E-state index contributed by atoms with van der Waals surface area (Å²) in [6.07, 6.45) is 1.32. The van der Waals surface area contributed by atoms with Crippen molar-refractivity contribution in [2.75, 3.05) is 5.32 Å². The van der Waals surface area contributed by atoms with Gasteiger partial charge in [-0.3, -0.25) is 0 Å². The van der Waals surface area contributed by atoms with E-state index in [1.54, 1.807) is 12.1 Å². The van der Waals surface area contributed by atoms with Crippen molar-refractivity contribution < 1.29 is 19.1 Å². The molecule has 0 unspecified atom stereocenters. The molecule has 21 heavy (non-hydrogen) atoms. The Labute approximate surface area is 119 Å². The summed E-state index contributed by atoms with van der Waals surface area (Å²) in [5.41, 5.74) is 0.576. The van der Waals surface area contributed by atoms with Crippen LogP contribution in [0.2, 0.25) is 0 Å². The SMILES string of the molecule is O=C(NCc1ccc(F)cc1)Nc1cccnc1C(=O)O. The minimum Gasteiger partial charge on any atom is -0.476 e. The molecule has 0 spiro atoms. The number of hydrogen-bond donors (Lipinski definition) is 3. The molecule has 0 radical (unpaired) electrons. The van der Waals surface area contributed by atoms with Gasteiger partial charge in [-0.1, -0.05) is 12.1 Å². The van der Waals surface area contributed by atoms with Crippen LogP contribution in [0.1, 0.15) is 16.1 Å². The molecule has 0 aliphatic carbocycles. The number of nitrogens with zero attached hydrogens (tertiary/aromatic N) is 1. The van der Waals surface area contributed by atoms with Crippen molar-refractivity contribution in [3.63, 3.8) is 0 Å². The molecule has 0 bridgehead atoms. The van der Waals surface area contributed by atoms with E-state index in [-0.39, 0.29) is 23.7 Å². The van der Waals surface area contributed by atoms with Crippen molar-refractivity contribution in [1.29, 1.82) is 0 Å². The second kappa shape index (κ2) is 6.47. The number of nitrogens with one attached hydrogen (secondary N) is 2. The number of rotatable bonds is 4. The zero-order valence-corrected chi connectivity index (χ0v) is 10.8. The first-order valence-electron chi connectivity index (χ1n) is 6.04. The quantitative estimate of drug-likeness (QED) is 0.805. The van der Waals surface area contributed by atoms with E-state index in [2.05, 4.69) is 15.6 Å². The minimum absolute atomic E-state index is 0.0987. The zero-order chi connectivity index (χ0) is 15.2. The van der Waals surface area contributed by atoms with E-state index in [0.29, 0.717) is 0 Å². The van der Waals surface area contributed by atoms with Crippen molar-refractivity contribution in [2.45, 2.75) is 6.54 Å². The monoisotopic (exact) mass is 289 g/mol. The van der Waals surface area contributed by atoms with E-state index < -0.39 is 12.0 Å². The number of hydrogen-bond acceptors (Lipinski definition) is 3. The van der Waals surface area contributed by atoms with Crippen LogP contribution in [0, 0.1) is 5.82 Å². The number of carbonyl (C=O) groups is 2. The van der Waals surface area contributed by atoms with E-state index in [1.807, 2.05) is 0 Å². The third-order valence-corrected chi connectivity index (χ3v) is 2.62. The van der Waals surface area contributed by atoms with E-state index in [1.165, 1.54) is 30.5 Å². The molecule has 1 aromatic carbocycles. The predicted molar refractivity (Wildman–Crippen MR) is 73.5 cm³/mol. The normalized spacial score (nSPS) is 9.95. The molecule has 6 nitrogen and oxygen atoms in total. The Kier molecular flexibility index (Phi) is 4.45. The number of amides is 2. The highest BCUT2D eigenvalue weighted by molar-refractivity contribution is 5.98. The van der Waals surface area contributed by atoms with Gasteiger partial charge in [0.2, 0.25) is 0 Å². The van der Waals surface area contributed by atoms with Crippen LogP contribution in [0.15, 0.2) is 42.6 Å². The van der Waals surface area contributed by atoms with Gasteiger partial charge in [0.05, 0.1) is 5.69 Å². The molecular weight excluding hydrogens is 277 g/mol. The molecule has 0 saturated heterocycles. The molecule has 0 aliphatic heterocycles. The molecular formula is C14H12FN3O3. The lowest BCUT2D eigenvalue weighted by molar-refractivity contribution is 0.0691. The summed E-state index contributed by atoms with van der Waals surface area (Å²) in [5, 5.41) is 13.9. The maximum Gasteiger partial charge on any atom is 0.356 e. The van der Waals surface area contributed by atoms with Crippen molar-refractivity contribution in [3.05, 3.63) is 59.7 Å². The number of carboxylic acids is 1. The maximum atomic E-state index is 12.7. The maximum absolute atomic E-state index is 12.7. The summed E-state index contributed by atoms with van der Waals surface area (Å²) >= 11 is 0. The highest BCUT2D eigenvalue weighted by Crippen LogP contribution is 2.11. The van der Waals surface area contributed by atoms with E-state index in [4.69, 9.17) is 5.11 Å². The third kappa shape index (κ3) is 4.00. The number of aromatic nitrogens is 1. The van der Waals surface area contributed by atoms with Gasteiger partial charge >= 0.3 is 12.0 Å². The highest BCUT2D eigenvalue weighted by Gasteiger charge is 2.12. The average Bonchev–Trinajstić information content (AvgIpc) is 2.47. The van der Waals surface area contributed by atoms with Crippen LogP contribution in [0.4, 0.5) is 14.9 Å². The Bertz CT molecular complexity index is 659. The Morgan fingerprint density at radius 1 is 1.19 bits per heavy atom. The first kappa shape index (κ1) is 14.4. The molecule has 0 saturated carbocycles. The summed E-state index contributed by atoms with van der Waals surface area (Å²) in [5.74, 6) is -1.59. The molecule has 2 aromatic rings. The van der Waals surface area contributed by atoms with Gasteiger partial charge in [0.25, 0.3) is 0 Å². The van der Waals surface area contributed by atoms with Crippen LogP contribution in [-0.2, 0) is 6.54 Å². The smallest absolute Gasteiger partial charge is 0.356 e. The van der Waals surface area contributed by atoms with Crippen molar-refractivity contribution in [2.24, 2.45) is 0 Å². The molecule has 2 amide bonds. The average molecular weight is 289 g/mol. The second-order valence-electron chi connectivity index (χ2n) is 4.14. The number of benzene rings is 1. The lowest BCUT2D eigenvalue weighted by atomic mass is 10.2. The molecule has 1 aromatic heterocycles. The summed E-state index contributed by atoms with van der Waals surface area (Å²) in [7, 11) is 0. The lowest BCUT2D eigenvalue weighted by Crippen LogP contribution is -2.29. The molecule has 0 fully saturated rings. The molecule has 3 N–H and O–H groups in total. The number of anilines is 1. The number of halogens is 1.